The van der Waals surface area contributed by atoms with Crippen LogP contribution < -0.4 is 0 Å². The van der Waals surface area contributed by atoms with Crippen molar-refractivity contribution in [2.45, 2.75) is 44.9 Å². The minimum absolute atomic E-state index is 0.195. The molecule has 0 spiro atoms. The molecule has 2 fully saturated rings. The van der Waals surface area contributed by atoms with Crippen LogP contribution in [0.4, 0.5) is 0 Å². The molecule has 0 saturated heterocycles. The molecule has 1 aromatic rings. The first-order valence-corrected chi connectivity index (χ1v) is 7.15. The van der Waals surface area contributed by atoms with E-state index in [0.717, 1.165) is 24.7 Å². The average molecular weight is 244 g/mol. The highest BCUT2D eigenvalue weighted by molar-refractivity contribution is 5.95. The SMILES string of the molecule is O=C(c1cnccn1)C1CCC2CCCCC2C1. The van der Waals surface area contributed by atoms with Crippen LogP contribution in [0.5, 0.6) is 0 Å². The number of nitrogens with zero attached hydrogens (tertiary/aromatic N) is 2. The largest absolute Gasteiger partial charge is 0.292 e. The van der Waals surface area contributed by atoms with Gasteiger partial charge in [-0.1, -0.05) is 25.7 Å². The lowest BCUT2D eigenvalue weighted by Crippen LogP contribution is -2.31. The number of aromatic nitrogens is 2. The van der Waals surface area contributed by atoms with E-state index >= 15 is 0 Å². The molecule has 0 aromatic carbocycles. The van der Waals surface area contributed by atoms with Crippen molar-refractivity contribution in [1.29, 1.82) is 0 Å². The van der Waals surface area contributed by atoms with E-state index in [0.29, 0.717) is 5.69 Å². The number of fused-ring (bicyclic) bond motifs is 1. The maximum Gasteiger partial charge on any atom is 0.185 e. The topological polar surface area (TPSA) is 42.9 Å². The summed E-state index contributed by atoms with van der Waals surface area (Å²) in [6, 6.07) is 0. The summed E-state index contributed by atoms with van der Waals surface area (Å²) in [5, 5.41) is 0. The quantitative estimate of drug-likeness (QED) is 0.750. The molecule has 1 aromatic heterocycles. The smallest absolute Gasteiger partial charge is 0.185 e. The van der Waals surface area contributed by atoms with Gasteiger partial charge >= 0.3 is 0 Å². The fraction of sp³-hybridized carbons (Fsp3) is 0.667. The van der Waals surface area contributed by atoms with Crippen LogP contribution in [0.15, 0.2) is 18.6 Å². The zero-order valence-electron chi connectivity index (χ0n) is 10.7. The zero-order chi connectivity index (χ0) is 12.4. The van der Waals surface area contributed by atoms with Gasteiger partial charge in [0.2, 0.25) is 0 Å². The molecule has 0 amide bonds. The average Bonchev–Trinajstić information content (AvgIpc) is 2.47. The van der Waals surface area contributed by atoms with Gasteiger partial charge in [0.05, 0.1) is 6.20 Å². The van der Waals surface area contributed by atoms with E-state index < -0.39 is 0 Å². The number of carbonyl (C=O) groups excluding carboxylic acids is 1. The van der Waals surface area contributed by atoms with Crippen LogP contribution in [-0.4, -0.2) is 15.8 Å². The number of Topliss-reactive ketones (excluding diaryl/α,β-unsaturated/α-hetero) is 1. The van der Waals surface area contributed by atoms with Gasteiger partial charge in [0, 0.05) is 18.3 Å². The molecule has 2 saturated carbocycles. The minimum atomic E-state index is 0.195. The predicted molar refractivity (Wildman–Crippen MR) is 69.2 cm³/mol. The van der Waals surface area contributed by atoms with Crippen LogP contribution in [0.3, 0.4) is 0 Å². The molecule has 0 bridgehead atoms. The van der Waals surface area contributed by atoms with Crippen molar-refractivity contribution in [1.82, 2.24) is 9.97 Å². The number of hydrogen-bond donors (Lipinski definition) is 0. The lowest BCUT2D eigenvalue weighted by Gasteiger charge is -2.38. The first kappa shape index (κ1) is 11.8. The Morgan fingerprint density at radius 3 is 2.67 bits per heavy atom. The Morgan fingerprint density at radius 2 is 1.89 bits per heavy atom. The fourth-order valence-corrected chi connectivity index (χ4v) is 3.75. The summed E-state index contributed by atoms with van der Waals surface area (Å²) in [6.45, 7) is 0. The van der Waals surface area contributed by atoms with Crippen molar-refractivity contribution in [2.24, 2.45) is 17.8 Å². The summed E-state index contributed by atoms with van der Waals surface area (Å²) < 4.78 is 0. The Kier molecular flexibility index (Phi) is 3.39. The third kappa shape index (κ3) is 2.31. The molecule has 3 heteroatoms. The molecule has 1 heterocycles. The van der Waals surface area contributed by atoms with Crippen molar-refractivity contribution < 1.29 is 4.79 Å². The van der Waals surface area contributed by atoms with Gasteiger partial charge in [0.25, 0.3) is 0 Å². The number of carbonyl (C=O) groups is 1. The molecule has 18 heavy (non-hydrogen) atoms. The molecule has 0 N–H and O–H groups in total. The van der Waals surface area contributed by atoms with E-state index in [9.17, 15) is 4.79 Å². The molecule has 3 nitrogen and oxygen atoms in total. The fourth-order valence-electron chi connectivity index (χ4n) is 3.75. The lowest BCUT2D eigenvalue weighted by atomic mass is 9.66. The molecular weight excluding hydrogens is 224 g/mol. The zero-order valence-corrected chi connectivity index (χ0v) is 10.7. The number of hydrogen-bond acceptors (Lipinski definition) is 3. The van der Waals surface area contributed by atoms with Crippen LogP contribution >= 0.6 is 0 Å². The normalized spacial score (nSPS) is 31.7. The first-order valence-electron chi connectivity index (χ1n) is 7.15. The molecule has 0 aliphatic heterocycles. The van der Waals surface area contributed by atoms with Gasteiger partial charge in [-0.25, -0.2) is 4.98 Å². The molecule has 3 atom stereocenters. The summed E-state index contributed by atoms with van der Waals surface area (Å²) >= 11 is 0. The minimum Gasteiger partial charge on any atom is -0.292 e. The second-order valence-corrected chi connectivity index (χ2v) is 5.77. The Bertz CT molecular complexity index is 418. The van der Waals surface area contributed by atoms with Gasteiger partial charge in [-0.2, -0.15) is 0 Å². The van der Waals surface area contributed by atoms with Gasteiger partial charge in [-0.05, 0) is 31.1 Å². The van der Waals surface area contributed by atoms with E-state index in [1.165, 1.54) is 32.1 Å². The standard InChI is InChI=1S/C15H20N2O/c18-15(14-10-16-7-8-17-14)13-6-5-11-3-1-2-4-12(11)9-13/h7-8,10-13H,1-6,9H2. The number of ketones is 1. The second-order valence-electron chi connectivity index (χ2n) is 5.77. The summed E-state index contributed by atoms with van der Waals surface area (Å²) in [5.41, 5.74) is 0.553. The Balaban J connectivity index is 1.69. The third-order valence-corrected chi connectivity index (χ3v) is 4.73. The summed E-state index contributed by atoms with van der Waals surface area (Å²) in [7, 11) is 0. The van der Waals surface area contributed by atoms with E-state index in [1.807, 2.05) is 0 Å². The van der Waals surface area contributed by atoms with Crippen LogP contribution in [0.25, 0.3) is 0 Å². The van der Waals surface area contributed by atoms with Crippen LogP contribution in [0, 0.1) is 17.8 Å². The second kappa shape index (κ2) is 5.17. The number of rotatable bonds is 2. The van der Waals surface area contributed by atoms with Crippen molar-refractivity contribution in [3.05, 3.63) is 24.3 Å². The highest BCUT2D eigenvalue weighted by Gasteiger charge is 2.35. The Labute approximate surface area is 108 Å². The van der Waals surface area contributed by atoms with Gasteiger partial charge < -0.3 is 0 Å². The molecule has 96 valence electrons. The van der Waals surface area contributed by atoms with Crippen molar-refractivity contribution in [2.75, 3.05) is 0 Å². The van der Waals surface area contributed by atoms with Crippen LogP contribution in [-0.2, 0) is 0 Å². The van der Waals surface area contributed by atoms with Gasteiger partial charge in [0.15, 0.2) is 5.78 Å². The lowest BCUT2D eigenvalue weighted by molar-refractivity contribution is 0.0758. The predicted octanol–water partition coefficient (Wildman–Crippen LogP) is 3.27. The molecule has 2 aliphatic carbocycles. The molecule has 3 unspecified atom stereocenters. The maximum absolute atomic E-state index is 12.4. The van der Waals surface area contributed by atoms with E-state index in [2.05, 4.69) is 9.97 Å². The maximum atomic E-state index is 12.4. The van der Waals surface area contributed by atoms with Gasteiger partial charge in [-0.15, -0.1) is 0 Å². The Morgan fingerprint density at radius 1 is 1.06 bits per heavy atom. The van der Waals surface area contributed by atoms with Crippen molar-refractivity contribution in [3.63, 3.8) is 0 Å². The van der Waals surface area contributed by atoms with E-state index in [-0.39, 0.29) is 11.7 Å². The highest BCUT2D eigenvalue weighted by Crippen LogP contribution is 2.43. The molecule has 0 radical (unpaired) electrons. The first-order chi connectivity index (χ1) is 8.84. The van der Waals surface area contributed by atoms with E-state index in [1.54, 1.807) is 18.6 Å². The van der Waals surface area contributed by atoms with Gasteiger partial charge in [0.1, 0.15) is 5.69 Å². The third-order valence-electron chi connectivity index (χ3n) is 4.73. The molecule has 3 rings (SSSR count). The summed E-state index contributed by atoms with van der Waals surface area (Å²) in [4.78, 5) is 20.5. The van der Waals surface area contributed by atoms with Crippen molar-refractivity contribution in [3.8, 4) is 0 Å². The summed E-state index contributed by atoms with van der Waals surface area (Å²) in [5.74, 6) is 2.09. The van der Waals surface area contributed by atoms with Crippen molar-refractivity contribution >= 4 is 5.78 Å². The Hall–Kier alpha value is -1.25. The monoisotopic (exact) mass is 244 g/mol. The van der Waals surface area contributed by atoms with Crippen LogP contribution in [0.2, 0.25) is 0 Å². The molecular formula is C15H20N2O. The van der Waals surface area contributed by atoms with Crippen LogP contribution in [0.1, 0.15) is 55.4 Å². The molecule has 2 aliphatic rings. The highest BCUT2D eigenvalue weighted by atomic mass is 16.1. The summed E-state index contributed by atoms with van der Waals surface area (Å²) in [6.07, 6.45) is 13.7. The van der Waals surface area contributed by atoms with E-state index in [4.69, 9.17) is 0 Å². The van der Waals surface area contributed by atoms with Gasteiger partial charge in [-0.3, -0.25) is 9.78 Å².